The Morgan fingerprint density at radius 3 is 2.63 bits per heavy atom. The van der Waals surface area contributed by atoms with Crippen LogP contribution < -0.4 is 4.90 Å². The highest BCUT2D eigenvalue weighted by atomic mass is 32.1. The van der Waals surface area contributed by atoms with Crippen molar-refractivity contribution in [1.29, 1.82) is 0 Å². The summed E-state index contributed by atoms with van der Waals surface area (Å²) in [5, 5.41) is 0.529. The molecule has 0 aromatic carbocycles. The molecule has 0 N–H and O–H groups in total. The minimum Gasteiger partial charge on any atom is -0.274 e. The molecule has 2 heterocycles. The molecule has 19 heavy (non-hydrogen) atoms. The molecule has 2 unspecified atom stereocenters. The van der Waals surface area contributed by atoms with Crippen LogP contribution in [0.1, 0.15) is 38.5 Å². The first-order valence-corrected chi connectivity index (χ1v) is 7.41. The first-order valence-electron chi connectivity index (χ1n) is 6.60. The van der Waals surface area contributed by atoms with Gasteiger partial charge in [0.15, 0.2) is 5.13 Å². The average molecular weight is 278 g/mol. The SMILES string of the molecule is Cc1cnc(N2C(=O)C3CCC(C)(C2=O)C3(C)C)s1. The summed E-state index contributed by atoms with van der Waals surface area (Å²) in [6.45, 7) is 8.02. The van der Waals surface area contributed by atoms with Gasteiger partial charge in [0.1, 0.15) is 0 Å². The van der Waals surface area contributed by atoms with E-state index in [4.69, 9.17) is 0 Å². The molecule has 1 aliphatic heterocycles. The van der Waals surface area contributed by atoms with Crippen LogP contribution in [0.25, 0.3) is 0 Å². The van der Waals surface area contributed by atoms with Gasteiger partial charge in [0, 0.05) is 17.0 Å². The molecule has 1 saturated carbocycles. The van der Waals surface area contributed by atoms with Crippen molar-refractivity contribution < 1.29 is 9.59 Å². The minimum absolute atomic E-state index is 0.0700. The van der Waals surface area contributed by atoms with Crippen molar-refractivity contribution in [3.05, 3.63) is 11.1 Å². The van der Waals surface area contributed by atoms with E-state index in [1.54, 1.807) is 6.20 Å². The fraction of sp³-hybridized carbons (Fsp3) is 0.643. The summed E-state index contributed by atoms with van der Waals surface area (Å²) in [4.78, 5) is 32.0. The van der Waals surface area contributed by atoms with E-state index in [2.05, 4.69) is 4.98 Å². The lowest BCUT2D eigenvalue weighted by molar-refractivity contribution is -0.146. The largest absolute Gasteiger partial charge is 0.274 e. The van der Waals surface area contributed by atoms with E-state index in [0.717, 1.165) is 17.7 Å². The number of fused-ring (bicyclic) bond motifs is 2. The molecule has 2 amide bonds. The lowest BCUT2D eigenvalue weighted by Crippen LogP contribution is -2.59. The van der Waals surface area contributed by atoms with Crippen LogP contribution in [0, 0.1) is 23.7 Å². The third kappa shape index (κ3) is 1.42. The Morgan fingerprint density at radius 2 is 2.05 bits per heavy atom. The van der Waals surface area contributed by atoms with Crippen molar-refractivity contribution in [2.75, 3.05) is 4.90 Å². The maximum atomic E-state index is 12.8. The molecule has 2 aliphatic rings. The molecular weight excluding hydrogens is 260 g/mol. The number of anilines is 1. The van der Waals surface area contributed by atoms with Crippen molar-refractivity contribution in [3.8, 4) is 0 Å². The quantitative estimate of drug-likeness (QED) is 0.742. The van der Waals surface area contributed by atoms with Gasteiger partial charge < -0.3 is 0 Å². The number of aryl methyl sites for hydroxylation is 1. The van der Waals surface area contributed by atoms with E-state index >= 15 is 0 Å². The molecule has 2 bridgehead atoms. The number of carbonyl (C=O) groups excluding carboxylic acids is 2. The summed E-state index contributed by atoms with van der Waals surface area (Å²) in [5.74, 6) is -0.218. The monoisotopic (exact) mass is 278 g/mol. The molecule has 4 nitrogen and oxygen atoms in total. The normalized spacial score (nSPS) is 33.1. The molecular formula is C14H18N2O2S. The Morgan fingerprint density at radius 1 is 1.37 bits per heavy atom. The van der Waals surface area contributed by atoms with Crippen LogP contribution in [0.15, 0.2) is 6.20 Å². The Labute approximate surface area is 116 Å². The van der Waals surface area contributed by atoms with Crippen LogP contribution in [0.5, 0.6) is 0 Å². The molecule has 102 valence electrons. The van der Waals surface area contributed by atoms with Crippen molar-refractivity contribution in [3.63, 3.8) is 0 Å². The third-order valence-electron chi connectivity index (χ3n) is 5.22. The zero-order valence-electron chi connectivity index (χ0n) is 11.7. The van der Waals surface area contributed by atoms with Crippen LogP contribution in [-0.2, 0) is 9.59 Å². The highest BCUT2D eigenvalue weighted by Crippen LogP contribution is 2.60. The first-order chi connectivity index (χ1) is 8.79. The number of amides is 2. The standard InChI is InChI=1S/C14H18N2O2S/c1-8-7-15-12(19-8)16-10(17)9-5-6-14(4,11(16)18)13(9,2)3/h7,9H,5-6H2,1-4H3. The van der Waals surface area contributed by atoms with Gasteiger partial charge in [0.25, 0.3) is 0 Å². The van der Waals surface area contributed by atoms with Gasteiger partial charge in [-0.1, -0.05) is 20.8 Å². The number of hydrogen-bond acceptors (Lipinski definition) is 4. The van der Waals surface area contributed by atoms with Gasteiger partial charge in [-0.15, -0.1) is 11.3 Å². The Hall–Kier alpha value is -1.23. The summed E-state index contributed by atoms with van der Waals surface area (Å²) in [6, 6.07) is 0. The zero-order chi connectivity index (χ0) is 14.0. The topological polar surface area (TPSA) is 50.3 Å². The second-order valence-electron chi connectivity index (χ2n) is 6.38. The van der Waals surface area contributed by atoms with Gasteiger partial charge in [-0.3, -0.25) is 9.59 Å². The number of imide groups is 1. The fourth-order valence-electron chi connectivity index (χ4n) is 3.45. The maximum Gasteiger partial charge on any atom is 0.242 e. The van der Waals surface area contributed by atoms with Crippen molar-refractivity contribution in [2.24, 2.45) is 16.7 Å². The molecule has 1 aliphatic carbocycles. The second kappa shape index (κ2) is 3.66. The molecule has 1 aromatic rings. The van der Waals surface area contributed by atoms with E-state index in [0.29, 0.717) is 5.13 Å². The summed E-state index contributed by atoms with van der Waals surface area (Å²) < 4.78 is 0. The number of aromatic nitrogens is 1. The molecule has 2 atom stereocenters. The van der Waals surface area contributed by atoms with Crippen molar-refractivity contribution in [1.82, 2.24) is 4.98 Å². The molecule has 1 saturated heterocycles. The number of piperidine rings is 1. The average Bonchev–Trinajstić information content (AvgIpc) is 2.80. The third-order valence-corrected chi connectivity index (χ3v) is 6.12. The van der Waals surface area contributed by atoms with E-state index in [1.165, 1.54) is 16.2 Å². The summed E-state index contributed by atoms with van der Waals surface area (Å²) >= 11 is 1.41. The second-order valence-corrected chi connectivity index (χ2v) is 7.59. The lowest BCUT2D eigenvalue weighted by atomic mass is 9.62. The van der Waals surface area contributed by atoms with Crippen molar-refractivity contribution >= 4 is 28.3 Å². The zero-order valence-corrected chi connectivity index (χ0v) is 12.5. The van der Waals surface area contributed by atoms with Crippen LogP contribution in [0.4, 0.5) is 5.13 Å². The van der Waals surface area contributed by atoms with Gasteiger partial charge in [-0.25, -0.2) is 9.88 Å². The number of rotatable bonds is 1. The lowest BCUT2D eigenvalue weighted by Gasteiger charge is -2.46. The summed E-state index contributed by atoms with van der Waals surface area (Å²) in [6.07, 6.45) is 3.30. The molecule has 2 fully saturated rings. The van der Waals surface area contributed by atoms with Gasteiger partial charge in [0.2, 0.25) is 11.8 Å². The highest BCUT2D eigenvalue weighted by Gasteiger charge is 2.65. The summed E-state index contributed by atoms with van der Waals surface area (Å²) in [5.41, 5.74) is -0.713. The molecule has 5 heteroatoms. The van der Waals surface area contributed by atoms with Crippen LogP contribution in [0.3, 0.4) is 0 Å². The van der Waals surface area contributed by atoms with Crippen LogP contribution in [0.2, 0.25) is 0 Å². The predicted octanol–water partition coefficient (Wildman–Crippen LogP) is 2.77. The van der Waals surface area contributed by atoms with E-state index < -0.39 is 5.41 Å². The van der Waals surface area contributed by atoms with E-state index in [1.807, 2.05) is 27.7 Å². The van der Waals surface area contributed by atoms with Crippen molar-refractivity contribution in [2.45, 2.75) is 40.5 Å². The molecule has 0 radical (unpaired) electrons. The van der Waals surface area contributed by atoms with E-state index in [9.17, 15) is 9.59 Å². The number of hydrogen-bond donors (Lipinski definition) is 0. The molecule has 3 rings (SSSR count). The van der Waals surface area contributed by atoms with Crippen LogP contribution >= 0.6 is 11.3 Å². The first kappa shape index (κ1) is 12.8. The predicted molar refractivity (Wildman–Crippen MR) is 74.0 cm³/mol. The Balaban J connectivity index is 2.11. The number of carbonyl (C=O) groups is 2. The highest BCUT2D eigenvalue weighted by molar-refractivity contribution is 7.15. The minimum atomic E-state index is -0.453. The Bertz CT molecular complexity index is 578. The smallest absolute Gasteiger partial charge is 0.242 e. The molecule has 0 spiro atoms. The maximum absolute atomic E-state index is 12.8. The number of thiazole rings is 1. The Kier molecular flexibility index (Phi) is 2.46. The van der Waals surface area contributed by atoms with Gasteiger partial charge in [0.05, 0.1) is 5.41 Å². The van der Waals surface area contributed by atoms with Gasteiger partial charge >= 0.3 is 0 Å². The fourth-order valence-corrected chi connectivity index (χ4v) is 4.21. The number of nitrogens with zero attached hydrogens (tertiary/aromatic N) is 2. The van der Waals surface area contributed by atoms with Gasteiger partial charge in [-0.2, -0.15) is 0 Å². The summed E-state index contributed by atoms with van der Waals surface area (Å²) in [7, 11) is 0. The van der Waals surface area contributed by atoms with Crippen LogP contribution in [-0.4, -0.2) is 16.8 Å². The van der Waals surface area contributed by atoms with Gasteiger partial charge in [-0.05, 0) is 25.2 Å². The molecule has 1 aromatic heterocycles. The van der Waals surface area contributed by atoms with E-state index in [-0.39, 0.29) is 23.1 Å².